The Hall–Kier alpha value is -3.38. The molecule has 1 aromatic carbocycles. The Kier molecular flexibility index (Phi) is 10.3. The molecule has 0 aliphatic heterocycles. The van der Waals surface area contributed by atoms with Crippen LogP contribution < -0.4 is 0 Å². The highest BCUT2D eigenvalue weighted by Crippen LogP contribution is 2.53. The first-order valence-corrected chi connectivity index (χ1v) is 15.7. The van der Waals surface area contributed by atoms with Crippen LogP contribution in [0.5, 0.6) is 0 Å². The van der Waals surface area contributed by atoms with E-state index in [1.165, 1.54) is 13.8 Å². The lowest BCUT2D eigenvalue weighted by molar-refractivity contribution is -0.167. The number of Topliss-reactive ketones (excluding diaryl/α,β-unsaturated/α-hetero) is 1. The summed E-state index contributed by atoms with van der Waals surface area (Å²) in [7, 11) is 3.46. The van der Waals surface area contributed by atoms with E-state index in [0.717, 1.165) is 0 Å². The van der Waals surface area contributed by atoms with Gasteiger partial charge in [0.25, 0.3) is 0 Å². The van der Waals surface area contributed by atoms with Gasteiger partial charge in [0.2, 0.25) is 0 Å². The van der Waals surface area contributed by atoms with E-state index in [2.05, 4.69) is 0 Å². The summed E-state index contributed by atoms with van der Waals surface area (Å²) < 4.78 is 17.4. The number of carbonyl (C=O) groups excluding carboxylic acids is 4. The number of fused-ring (bicyclic) bond motifs is 4. The molecular weight excluding hydrogens is 594 g/mol. The lowest BCUT2D eigenvalue weighted by Crippen LogP contribution is -2.56. The van der Waals surface area contributed by atoms with E-state index >= 15 is 0 Å². The van der Waals surface area contributed by atoms with E-state index in [1.807, 2.05) is 19.9 Å². The fourth-order valence-electron chi connectivity index (χ4n) is 7.67. The largest absolute Gasteiger partial charge is 0.458 e. The smallest absolute Gasteiger partial charge is 0.337 e. The second-order valence-corrected chi connectivity index (χ2v) is 13.9. The van der Waals surface area contributed by atoms with Crippen molar-refractivity contribution in [3.63, 3.8) is 0 Å². The van der Waals surface area contributed by atoms with Crippen molar-refractivity contribution in [2.45, 2.75) is 103 Å². The summed E-state index contributed by atoms with van der Waals surface area (Å²) >= 11 is 0. The van der Waals surface area contributed by atoms with Crippen molar-refractivity contribution >= 4 is 23.7 Å². The number of aliphatic hydroxyl groups is 3. The van der Waals surface area contributed by atoms with Crippen LogP contribution >= 0.6 is 0 Å². The van der Waals surface area contributed by atoms with Crippen molar-refractivity contribution in [2.24, 2.45) is 16.7 Å². The van der Waals surface area contributed by atoms with E-state index in [4.69, 9.17) is 14.2 Å². The van der Waals surface area contributed by atoms with Gasteiger partial charge in [-0.15, -0.1) is 0 Å². The normalized spacial score (nSPS) is 33.3. The van der Waals surface area contributed by atoms with Gasteiger partial charge in [0, 0.05) is 26.2 Å². The topological polar surface area (TPSA) is 160 Å². The average molecular weight is 642 g/mol. The standard InChI is InChI=1S/C35H47NO10/c1-18-24(44-19(2)37)15-23-26(45-20(3)38)14-22-17-35(6,32(42)30(40)28(18)34(23,4)5)27(39)16-25(22)46-33(43)31(41)29(36(7)8)21-12-10-9-11-13-21/h9-14,23-27,29-31,39-41H,15-17H2,1-8H3/b22-14+/t23-,24+,25+,26+,27+,29+,30-,31-,35-/m1/s1. The molecule has 0 heterocycles. The summed E-state index contributed by atoms with van der Waals surface area (Å²) in [5.41, 5.74) is -0.440. The first-order chi connectivity index (χ1) is 21.4. The third-order valence-corrected chi connectivity index (χ3v) is 10.1. The lowest BCUT2D eigenvalue weighted by Gasteiger charge is -2.51. The highest BCUT2D eigenvalue weighted by atomic mass is 16.6. The van der Waals surface area contributed by atoms with Gasteiger partial charge in [-0.3, -0.25) is 19.3 Å². The van der Waals surface area contributed by atoms with Crippen LogP contribution in [0, 0.1) is 16.7 Å². The predicted molar refractivity (Wildman–Crippen MR) is 167 cm³/mol. The molecule has 1 fully saturated rings. The number of aliphatic hydroxyl groups excluding tert-OH is 3. The van der Waals surface area contributed by atoms with Crippen LogP contribution in [0.3, 0.4) is 0 Å². The number of carbonyl (C=O) groups is 4. The SMILES string of the molecule is CC(=O)O[C@H]1C[C@@H]2[C@@H](OC(C)=O)/C=C3\C[C@@](C)(C(=O)[C@H](O)C(=C1C)C2(C)C)[C@@H](O)C[C@@H]3OC(=O)[C@H](O)[C@H](c1ccccc1)N(C)C. The second-order valence-electron chi connectivity index (χ2n) is 13.9. The molecule has 9 atom stereocenters. The molecule has 3 aliphatic carbocycles. The molecule has 3 aliphatic rings. The Morgan fingerprint density at radius 3 is 2.11 bits per heavy atom. The van der Waals surface area contributed by atoms with Crippen molar-refractivity contribution < 1.29 is 48.7 Å². The summed E-state index contributed by atoms with van der Waals surface area (Å²) in [4.78, 5) is 54.0. The molecule has 11 heteroatoms. The van der Waals surface area contributed by atoms with Gasteiger partial charge >= 0.3 is 17.9 Å². The zero-order chi connectivity index (χ0) is 34.3. The maximum Gasteiger partial charge on any atom is 0.337 e. The molecule has 0 saturated heterocycles. The number of ether oxygens (including phenoxy) is 3. The number of esters is 3. The molecule has 3 N–H and O–H groups in total. The zero-order valence-corrected chi connectivity index (χ0v) is 27.9. The molecular formula is C35H47NO10. The summed E-state index contributed by atoms with van der Waals surface area (Å²) in [5, 5.41) is 34.4. The lowest BCUT2D eigenvalue weighted by atomic mass is 9.57. The molecule has 252 valence electrons. The number of hydrogen-bond acceptors (Lipinski definition) is 11. The van der Waals surface area contributed by atoms with E-state index in [0.29, 0.717) is 22.3 Å². The molecule has 0 amide bonds. The summed E-state index contributed by atoms with van der Waals surface area (Å²) in [6, 6.07) is 8.28. The maximum absolute atomic E-state index is 14.2. The van der Waals surface area contributed by atoms with Gasteiger partial charge < -0.3 is 29.5 Å². The first kappa shape index (κ1) is 35.5. The van der Waals surface area contributed by atoms with Crippen LogP contribution in [-0.4, -0.2) is 94.6 Å². The van der Waals surface area contributed by atoms with Gasteiger partial charge in [0.1, 0.15) is 24.4 Å². The minimum absolute atomic E-state index is 0.0987. The quantitative estimate of drug-likeness (QED) is 0.228. The minimum Gasteiger partial charge on any atom is -0.458 e. The van der Waals surface area contributed by atoms with Crippen LogP contribution in [-0.2, 0) is 33.4 Å². The van der Waals surface area contributed by atoms with Gasteiger partial charge in [-0.25, -0.2) is 4.79 Å². The van der Waals surface area contributed by atoms with E-state index in [9.17, 15) is 34.5 Å². The summed E-state index contributed by atoms with van der Waals surface area (Å²) in [6.07, 6.45) is -5.77. The van der Waals surface area contributed by atoms with E-state index in [-0.39, 0.29) is 19.3 Å². The third-order valence-electron chi connectivity index (χ3n) is 10.1. The molecule has 1 saturated carbocycles. The molecule has 11 nitrogen and oxygen atoms in total. The molecule has 1 aromatic rings. The Morgan fingerprint density at radius 2 is 1.54 bits per heavy atom. The molecule has 46 heavy (non-hydrogen) atoms. The molecule has 4 bridgehead atoms. The van der Waals surface area contributed by atoms with Gasteiger partial charge in [-0.1, -0.05) is 44.2 Å². The number of likely N-dealkylation sites (N-methyl/N-ethyl adjacent to an activating group) is 1. The monoisotopic (exact) mass is 641 g/mol. The van der Waals surface area contributed by atoms with Crippen molar-refractivity contribution in [1.29, 1.82) is 0 Å². The molecule has 0 aromatic heterocycles. The van der Waals surface area contributed by atoms with Crippen LogP contribution in [0.1, 0.15) is 72.4 Å². The van der Waals surface area contributed by atoms with Crippen molar-refractivity contribution in [3.8, 4) is 0 Å². The fourth-order valence-corrected chi connectivity index (χ4v) is 7.67. The van der Waals surface area contributed by atoms with E-state index in [1.54, 1.807) is 63.2 Å². The first-order valence-electron chi connectivity index (χ1n) is 15.7. The van der Waals surface area contributed by atoms with Crippen LogP contribution in [0.25, 0.3) is 0 Å². The number of benzene rings is 1. The fraction of sp³-hybridized carbons (Fsp3) is 0.600. The highest BCUT2D eigenvalue weighted by Gasteiger charge is 2.56. The Balaban J connectivity index is 1.82. The van der Waals surface area contributed by atoms with Gasteiger partial charge in [-0.05, 0) is 74.6 Å². The number of ketones is 1. The van der Waals surface area contributed by atoms with Crippen LogP contribution in [0.2, 0.25) is 0 Å². The molecule has 4 rings (SSSR count). The van der Waals surface area contributed by atoms with Crippen molar-refractivity contribution in [2.75, 3.05) is 14.1 Å². The predicted octanol–water partition coefficient (Wildman–Crippen LogP) is 2.82. The van der Waals surface area contributed by atoms with Gasteiger partial charge in [0.05, 0.1) is 17.6 Å². The summed E-state index contributed by atoms with van der Waals surface area (Å²) in [6.45, 7) is 9.47. The molecule has 0 radical (unpaired) electrons. The van der Waals surface area contributed by atoms with Crippen molar-refractivity contribution in [1.82, 2.24) is 4.90 Å². The van der Waals surface area contributed by atoms with Crippen molar-refractivity contribution in [3.05, 3.63) is 58.7 Å². The summed E-state index contributed by atoms with van der Waals surface area (Å²) in [5.74, 6) is -3.24. The number of rotatable bonds is 7. The van der Waals surface area contributed by atoms with Crippen LogP contribution in [0.4, 0.5) is 0 Å². The molecule has 0 unspecified atom stereocenters. The van der Waals surface area contributed by atoms with Gasteiger partial charge in [-0.2, -0.15) is 0 Å². The number of nitrogens with zero attached hydrogens (tertiary/aromatic N) is 1. The maximum atomic E-state index is 14.2. The van der Waals surface area contributed by atoms with Gasteiger partial charge in [0.15, 0.2) is 11.9 Å². The Bertz CT molecular complexity index is 1420. The highest BCUT2D eigenvalue weighted by molar-refractivity contribution is 5.92. The Morgan fingerprint density at radius 1 is 0.935 bits per heavy atom. The third kappa shape index (κ3) is 6.69. The van der Waals surface area contributed by atoms with E-state index < -0.39 is 83.1 Å². The minimum atomic E-state index is -1.65. The Labute approximate surface area is 270 Å². The number of hydrogen-bond donors (Lipinski definition) is 3. The van der Waals surface area contributed by atoms with Crippen LogP contribution in [0.15, 0.2) is 53.1 Å². The second kappa shape index (κ2) is 13.4. The average Bonchev–Trinajstić information content (AvgIpc) is 2.95. The zero-order valence-electron chi connectivity index (χ0n) is 27.9. The molecule has 0 spiro atoms.